The molecule has 108 valence electrons. The van der Waals surface area contributed by atoms with Crippen LogP contribution in [0.5, 0.6) is 0 Å². The first-order chi connectivity index (χ1) is 9.17. The van der Waals surface area contributed by atoms with Crippen LogP contribution in [0.3, 0.4) is 0 Å². The lowest BCUT2D eigenvalue weighted by atomic mass is 10.2. The van der Waals surface area contributed by atoms with Crippen molar-refractivity contribution >= 4 is 5.69 Å². The molecule has 19 heavy (non-hydrogen) atoms. The Bertz CT molecular complexity index is 355. The summed E-state index contributed by atoms with van der Waals surface area (Å²) in [6.45, 7) is 11.1. The lowest BCUT2D eigenvalue weighted by Crippen LogP contribution is -2.27. The van der Waals surface area contributed by atoms with Crippen LogP contribution < -0.4 is 10.2 Å². The van der Waals surface area contributed by atoms with E-state index < -0.39 is 0 Å². The molecule has 1 rings (SSSR count). The molecule has 0 aliphatic rings. The fourth-order valence-electron chi connectivity index (χ4n) is 1.92. The van der Waals surface area contributed by atoms with Crippen LogP contribution in [0.15, 0.2) is 18.3 Å². The first-order valence-electron chi connectivity index (χ1n) is 7.06. The molecule has 0 aromatic carbocycles. The average molecular weight is 265 g/mol. The second-order valence-corrected chi connectivity index (χ2v) is 5.10. The minimum absolute atomic E-state index is 0.664. The quantitative estimate of drug-likeness (QED) is 0.743. The Balaban J connectivity index is 2.58. The van der Waals surface area contributed by atoms with Crippen molar-refractivity contribution in [2.75, 3.05) is 38.3 Å². The topological polar surface area (TPSA) is 37.4 Å². The van der Waals surface area contributed by atoms with Gasteiger partial charge in [-0.05, 0) is 31.5 Å². The highest BCUT2D eigenvalue weighted by molar-refractivity contribution is 5.46. The SMILES string of the molecule is CCN(CCOC)c1ccnc(CNCC(C)C)c1. The largest absolute Gasteiger partial charge is 0.383 e. The molecule has 0 fully saturated rings. The summed E-state index contributed by atoms with van der Waals surface area (Å²) >= 11 is 0. The number of anilines is 1. The summed E-state index contributed by atoms with van der Waals surface area (Å²) in [6, 6.07) is 4.22. The normalized spacial score (nSPS) is 11.0. The van der Waals surface area contributed by atoms with E-state index in [0.717, 1.165) is 38.5 Å². The van der Waals surface area contributed by atoms with E-state index >= 15 is 0 Å². The van der Waals surface area contributed by atoms with Crippen LogP contribution in [0.4, 0.5) is 5.69 Å². The number of rotatable bonds is 9. The molecule has 0 atom stereocenters. The first kappa shape index (κ1) is 15.9. The predicted octanol–water partition coefficient (Wildman–Crippen LogP) is 2.30. The molecule has 0 aliphatic heterocycles. The highest BCUT2D eigenvalue weighted by Crippen LogP contribution is 2.14. The molecule has 4 heteroatoms. The van der Waals surface area contributed by atoms with Crippen LogP contribution >= 0.6 is 0 Å². The maximum atomic E-state index is 5.15. The van der Waals surface area contributed by atoms with Crippen LogP contribution in [0, 0.1) is 5.92 Å². The monoisotopic (exact) mass is 265 g/mol. The number of hydrogen-bond donors (Lipinski definition) is 1. The van der Waals surface area contributed by atoms with Crippen molar-refractivity contribution in [2.45, 2.75) is 27.3 Å². The Morgan fingerprint density at radius 2 is 2.21 bits per heavy atom. The fraction of sp³-hybridized carbons (Fsp3) is 0.667. The average Bonchev–Trinajstić information content (AvgIpc) is 2.40. The third-order valence-electron chi connectivity index (χ3n) is 2.97. The van der Waals surface area contributed by atoms with Crippen molar-refractivity contribution in [1.82, 2.24) is 10.3 Å². The van der Waals surface area contributed by atoms with E-state index in [-0.39, 0.29) is 0 Å². The van der Waals surface area contributed by atoms with Crippen molar-refractivity contribution in [3.05, 3.63) is 24.0 Å². The summed E-state index contributed by atoms with van der Waals surface area (Å²) in [5, 5.41) is 3.42. The van der Waals surface area contributed by atoms with Crippen molar-refractivity contribution in [3.63, 3.8) is 0 Å². The second kappa shape index (κ2) is 8.88. The van der Waals surface area contributed by atoms with Crippen molar-refractivity contribution in [3.8, 4) is 0 Å². The number of pyridine rings is 1. The van der Waals surface area contributed by atoms with Gasteiger partial charge in [-0.1, -0.05) is 13.8 Å². The van der Waals surface area contributed by atoms with Crippen LogP contribution in [-0.2, 0) is 11.3 Å². The summed E-state index contributed by atoms with van der Waals surface area (Å²) < 4.78 is 5.15. The Hall–Kier alpha value is -1.13. The minimum Gasteiger partial charge on any atom is -0.383 e. The molecule has 0 amide bonds. The first-order valence-corrected chi connectivity index (χ1v) is 7.06. The van der Waals surface area contributed by atoms with Crippen molar-refractivity contribution in [1.29, 1.82) is 0 Å². The van der Waals surface area contributed by atoms with Crippen LogP contribution in [0.25, 0.3) is 0 Å². The zero-order valence-electron chi connectivity index (χ0n) is 12.6. The molecule has 1 aromatic heterocycles. The highest BCUT2D eigenvalue weighted by atomic mass is 16.5. The van der Waals surface area contributed by atoms with Gasteiger partial charge in [-0.2, -0.15) is 0 Å². The molecule has 0 aliphatic carbocycles. The zero-order chi connectivity index (χ0) is 14.1. The Kier molecular flexibility index (Phi) is 7.45. The maximum Gasteiger partial charge on any atom is 0.0637 e. The predicted molar refractivity (Wildman–Crippen MR) is 80.5 cm³/mol. The Morgan fingerprint density at radius 1 is 1.42 bits per heavy atom. The lowest BCUT2D eigenvalue weighted by Gasteiger charge is -2.23. The Morgan fingerprint density at radius 3 is 2.84 bits per heavy atom. The van der Waals surface area contributed by atoms with Gasteiger partial charge < -0.3 is 15.0 Å². The molecule has 4 nitrogen and oxygen atoms in total. The molecular weight excluding hydrogens is 238 g/mol. The van der Waals surface area contributed by atoms with Gasteiger partial charge >= 0.3 is 0 Å². The van der Waals surface area contributed by atoms with E-state index in [2.05, 4.69) is 48.1 Å². The fourth-order valence-corrected chi connectivity index (χ4v) is 1.92. The number of nitrogens with zero attached hydrogens (tertiary/aromatic N) is 2. The Labute approximate surface area is 117 Å². The molecule has 0 unspecified atom stereocenters. The molecule has 0 bridgehead atoms. The standard InChI is InChI=1S/C15H27N3O/c1-5-18(8-9-19-4)15-6-7-17-14(10-15)12-16-11-13(2)3/h6-7,10,13,16H,5,8-9,11-12H2,1-4H3. The van der Waals surface area contributed by atoms with Gasteiger partial charge in [-0.25, -0.2) is 0 Å². The molecule has 0 radical (unpaired) electrons. The van der Waals surface area contributed by atoms with Gasteiger partial charge in [0.25, 0.3) is 0 Å². The van der Waals surface area contributed by atoms with Crippen LogP contribution in [0.2, 0.25) is 0 Å². The number of aromatic nitrogens is 1. The van der Waals surface area contributed by atoms with E-state index in [4.69, 9.17) is 4.74 Å². The molecule has 0 saturated carbocycles. The van der Waals surface area contributed by atoms with Gasteiger partial charge in [0, 0.05) is 38.6 Å². The summed E-state index contributed by atoms with van der Waals surface area (Å²) in [4.78, 5) is 6.72. The van der Waals surface area contributed by atoms with Gasteiger partial charge in [-0.3, -0.25) is 4.98 Å². The van der Waals surface area contributed by atoms with E-state index in [1.165, 1.54) is 5.69 Å². The summed E-state index contributed by atoms with van der Waals surface area (Å²) in [5.41, 5.74) is 2.31. The molecule has 0 spiro atoms. The van der Waals surface area contributed by atoms with E-state index in [0.29, 0.717) is 5.92 Å². The highest BCUT2D eigenvalue weighted by Gasteiger charge is 2.05. The van der Waals surface area contributed by atoms with Gasteiger partial charge in [0.15, 0.2) is 0 Å². The second-order valence-electron chi connectivity index (χ2n) is 5.10. The maximum absolute atomic E-state index is 5.15. The van der Waals surface area contributed by atoms with E-state index in [1.54, 1.807) is 7.11 Å². The number of likely N-dealkylation sites (N-methyl/N-ethyl adjacent to an activating group) is 1. The summed E-state index contributed by atoms with van der Waals surface area (Å²) in [6.07, 6.45) is 1.89. The zero-order valence-corrected chi connectivity index (χ0v) is 12.6. The number of ether oxygens (including phenoxy) is 1. The van der Waals surface area contributed by atoms with Gasteiger partial charge in [0.05, 0.1) is 12.3 Å². The van der Waals surface area contributed by atoms with Crippen LogP contribution in [-0.4, -0.2) is 38.3 Å². The number of hydrogen-bond acceptors (Lipinski definition) is 4. The molecule has 1 heterocycles. The summed E-state index contributed by atoms with van der Waals surface area (Å²) in [7, 11) is 1.74. The number of nitrogens with one attached hydrogen (secondary N) is 1. The van der Waals surface area contributed by atoms with E-state index in [1.807, 2.05) is 6.20 Å². The van der Waals surface area contributed by atoms with Gasteiger partial charge in [-0.15, -0.1) is 0 Å². The van der Waals surface area contributed by atoms with Crippen molar-refractivity contribution < 1.29 is 4.74 Å². The van der Waals surface area contributed by atoms with Gasteiger partial charge in [0.2, 0.25) is 0 Å². The lowest BCUT2D eigenvalue weighted by molar-refractivity contribution is 0.205. The van der Waals surface area contributed by atoms with Crippen molar-refractivity contribution in [2.24, 2.45) is 5.92 Å². The summed E-state index contributed by atoms with van der Waals surface area (Å²) in [5.74, 6) is 0.664. The molecule has 1 N–H and O–H groups in total. The third-order valence-corrected chi connectivity index (χ3v) is 2.97. The molecular formula is C15H27N3O. The van der Waals surface area contributed by atoms with Crippen LogP contribution in [0.1, 0.15) is 26.5 Å². The van der Waals surface area contributed by atoms with E-state index in [9.17, 15) is 0 Å². The van der Waals surface area contributed by atoms with Gasteiger partial charge in [0.1, 0.15) is 0 Å². The number of methoxy groups -OCH3 is 1. The molecule has 1 aromatic rings. The minimum atomic E-state index is 0.664. The smallest absolute Gasteiger partial charge is 0.0637 e. The molecule has 0 saturated heterocycles. The third kappa shape index (κ3) is 6.03.